The molecule has 0 aliphatic rings. The fourth-order valence-corrected chi connectivity index (χ4v) is 1.92. The second-order valence-corrected chi connectivity index (χ2v) is 4.46. The molecular formula is C13H16FN3. The van der Waals surface area contributed by atoms with Gasteiger partial charge in [-0.15, -0.1) is 0 Å². The maximum atomic E-state index is 13.2. The van der Waals surface area contributed by atoms with Gasteiger partial charge >= 0.3 is 0 Å². The SMILES string of the molecule is CC(C)c1nccn1Cc1cc(N)cc(F)c1. The third-order valence-corrected chi connectivity index (χ3v) is 2.60. The molecule has 0 bridgehead atoms. The van der Waals surface area contributed by atoms with E-state index < -0.39 is 0 Å². The summed E-state index contributed by atoms with van der Waals surface area (Å²) in [6.45, 7) is 4.76. The van der Waals surface area contributed by atoms with Crippen LogP contribution in [0.4, 0.5) is 10.1 Å². The van der Waals surface area contributed by atoms with E-state index in [-0.39, 0.29) is 5.82 Å². The molecule has 1 heterocycles. The van der Waals surface area contributed by atoms with Crippen LogP contribution < -0.4 is 5.73 Å². The van der Waals surface area contributed by atoms with Crippen LogP contribution in [0.2, 0.25) is 0 Å². The van der Waals surface area contributed by atoms with Crippen molar-refractivity contribution in [2.24, 2.45) is 0 Å². The van der Waals surface area contributed by atoms with Crippen LogP contribution in [0.15, 0.2) is 30.6 Å². The minimum Gasteiger partial charge on any atom is -0.399 e. The second-order valence-electron chi connectivity index (χ2n) is 4.46. The molecule has 1 aromatic carbocycles. The zero-order valence-electron chi connectivity index (χ0n) is 10.0. The molecule has 4 heteroatoms. The number of aromatic nitrogens is 2. The largest absolute Gasteiger partial charge is 0.399 e. The van der Waals surface area contributed by atoms with E-state index in [0.29, 0.717) is 18.2 Å². The number of nitrogens with two attached hydrogens (primary N) is 1. The second kappa shape index (κ2) is 4.57. The molecule has 90 valence electrons. The monoisotopic (exact) mass is 233 g/mol. The van der Waals surface area contributed by atoms with Crippen LogP contribution in [0.3, 0.4) is 0 Å². The number of rotatable bonds is 3. The van der Waals surface area contributed by atoms with Gasteiger partial charge in [-0.3, -0.25) is 0 Å². The van der Waals surface area contributed by atoms with E-state index in [0.717, 1.165) is 11.4 Å². The van der Waals surface area contributed by atoms with Crippen LogP contribution in [-0.2, 0) is 6.54 Å². The molecule has 0 radical (unpaired) electrons. The Labute approximate surface area is 100 Å². The van der Waals surface area contributed by atoms with Gasteiger partial charge in [-0.1, -0.05) is 13.8 Å². The summed E-state index contributed by atoms with van der Waals surface area (Å²) in [7, 11) is 0. The highest BCUT2D eigenvalue weighted by molar-refractivity contribution is 5.41. The van der Waals surface area contributed by atoms with Gasteiger partial charge < -0.3 is 10.3 Å². The van der Waals surface area contributed by atoms with Crippen LogP contribution >= 0.6 is 0 Å². The maximum Gasteiger partial charge on any atom is 0.125 e. The van der Waals surface area contributed by atoms with Gasteiger partial charge in [0.25, 0.3) is 0 Å². The van der Waals surface area contributed by atoms with Crippen LogP contribution in [0, 0.1) is 5.82 Å². The smallest absolute Gasteiger partial charge is 0.125 e. The van der Waals surface area contributed by atoms with E-state index in [1.807, 2.05) is 10.8 Å². The van der Waals surface area contributed by atoms with E-state index in [9.17, 15) is 4.39 Å². The van der Waals surface area contributed by atoms with Gasteiger partial charge in [-0.2, -0.15) is 0 Å². The zero-order valence-corrected chi connectivity index (χ0v) is 10.0. The van der Waals surface area contributed by atoms with Gasteiger partial charge in [0, 0.05) is 30.5 Å². The molecular weight excluding hydrogens is 217 g/mol. The van der Waals surface area contributed by atoms with Crippen molar-refractivity contribution in [2.75, 3.05) is 5.73 Å². The van der Waals surface area contributed by atoms with Crippen molar-refractivity contribution in [3.8, 4) is 0 Å². The number of nitrogen functional groups attached to an aromatic ring is 1. The van der Waals surface area contributed by atoms with Gasteiger partial charge in [0.2, 0.25) is 0 Å². The number of nitrogens with zero attached hydrogens (tertiary/aromatic N) is 2. The molecule has 0 aliphatic carbocycles. The van der Waals surface area contributed by atoms with Crippen LogP contribution in [0.25, 0.3) is 0 Å². The fraction of sp³-hybridized carbons (Fsp3) is 0.308. The molecule has 0 amide bonds. The Morgan fingerprint density at radius 3 is 2.76 bits per heavy atom. The van der Waals surface area contributed by atoms with E-state index >= 15 is 0 Å². The van der Waals surface area contributed by atoms with Crippen molar-refractivity contribution in [3.63, 3.8) is 0 Å². The summed E-state index contributed by atoms with van der Waals surface area (Å²) in [6, 6.07) is 4.61. The third kappa shape index (κ3) is 2.64. The van der Waals surface area contributed by atoms with E-state index in [1.54, 1.807) is 12.3 Å². The number of hydrogen-bond donors (Lipinski definition) is 1. The van der Waals surface area contributed by atoms with Crippen molar-refractivity contribution in [1.82, 2.24) is 9.55 Å². The number of halogens is 1. The first-order valence-corrected chi connectivity index (χ1v) is 5.62. The Morgan fingerprint density at radius 1 is 1.35 bits per heavy atom. The Bertz CT molecular complexity index is 497. The molecule has 0 saturated carbocycles. The summed E-state index contributed by atoms with van der Waals surface area (Å²) < 4.78 is 15.2. The average molecular weight is 233 g/mol. The number of hydrogen-bond acceptors (Lipinski definition) is 2. The molecule has 17 heavy (non-hydrogen) atoms. The summed E-state index contributed by atoms with van der Waals surface area (Å²) >= 11 is 0. The highest BCUT2D eigenvalue weighted by Crippen LogP contribution is 2.16. The Kier molecular flexibility index (Phi) is 3.13. The zero-order chi connectivity index (χ0) is 12.4. The van der Waals surface area contributed by atoms with Gasteiger partial charge in [0.1, 0.15) is 11.6 Å². The summed E-state index contributed by atoms with van der Waals surface area (Å²) in [5, 5.41) is 0. The van der Waals surface area contributed by atoms with Gasteiger partial charge in [-0.05, 0) is 23.8 Å². The van der Waals surface area contributed by atoms with Crippen LogP contribution in [0.1, 0.15) is 31.2 Å². The molecule has 2 rings (SSSR count). The molecule has 0 unspecified atom stereocenters. The predicted octanol–water partition coefficient (Wildman–Crippen LogP) is 2.78. The molecule has 0 aliphatic heterocycles. The maximum absolute atomic E-state index is 13.2. The minimum atomic E-state index is -0.300. The molecule has 2 aromatic rings. The van der Waals surface area contributed by atoms with Crippen LogP contribution in [0.5, 0.6) is 0 Å². The summed E-state index contributed by atoms with van der Waals surface area (Å²) in [5.74, 6) is 1.04. The lowest BCUT2D eigenvalue weighted by Crippen LogP contribution is -2.06. The van der Waals surface area contributed by atoms with Crippen molar-refractivity contribution < 1.29 is 4.39 Å². The normalized spacial score (nSPS) is 11.1. The molecule has 2 N–H and O–H groups in total. The summed E-state index contributed by atoms with van der Waals surface area (Å²) in [6.07, 6.45) is 3.66. The topological polar surface area (TPSA) is 43.8 Å². The Hall–Kier alpha value is -1.84. The molecule has 0 fully saturated rings. The highest BCUT2D eigenvalue weighted by atomic mass is 19.1. The first-order chi connectivity index (χ1) is 8.06. The first-order valence-electron chi connectivity index (χ1n) is 5.62. The molecule has 1 aromatic heterocycles. The van der Waals surface area contributed by atoms with E-state index in [2.05, 4.69) is 18.8 Å². The van der Waals surface area contributed by atoms with Gasteiger partial charge in [0.15, 0.2) is 0 Å². The van der Waals surface area contributed by atoms with E-state index in [1.165, 1.54) is 12.1 Å². The standard InChI is InChI=1S/C13H16FN3/c1-9(2)13-16-3-4-17(13)8-10-5-11(14)7-12(15)6-10/h3-7,9H,8,15H2,1-2H3. The molecule has 3 nitrogen and oxygen atoms in total. The predicted molar refractivity (Wildman–Crippen MR) is 66.2 cm³/mol. The number of anilines is 1. The molecule has 0 saturated heterocycles. The third-order valence-electron chi connectivity index (χ3n) is 2.60. The summed E-state index contributed by atoms with van der Waals surface area (Å²) in [5.41, 5.74) is 6.92. The Morgan fingerprint density at radius 2 is 2.12 bits per heavy atom. The minimum absolute atomic E-state index is 0.300. The quantitative estimate of drug-likeness (QED) is 0.828. The van der Waals surface area contributed by atoms with Crippen molar-refractivity contribution >= 4 is 5.69 Å². The van der Waals surface area contributed by atoms with Gasteiger partial charge in [-0.25, -0.2) is 9.37 Å². The van der Waals surface area contributed by atoms with Crippen LogP contribution in [-0.4, -0.2) is 9.55 Å². The molecule has 0 atom stereocenters. The van der Waals surface area contributed by atoms with Crippen molar-refractivity contribution in [1.29, 1.82) is 0 Å². The molecule has 0 spiro atoms. The van der Waals surface area contributed by atoms with Crippen molar-refractivity contribution in [3.05, 3.63) is 47.8 Å². The Balaban J connectivity index is 2.28. The number of benzene rings is 1. The first kappa shape index (κ1) is 11.6. The lowest BCUT2D eigenvalue weighted by atomic mass is 10.1. The average Bonchev–Trinajstić information content (AvgIpc) is 2.63. The lowest BCUT2D eigenvalue weighted by molar-refractivity contribution is 0.620. The highest BCUT2D eigenvalue weighted by Gasteiger charge is 2.08. The van der Waals surface area contributed by atoms with Gasteiger partial charge in [0.05, 0.1) is 0 Å². The number of imidazole rings is 1. The summed E-state index contributed by atoms with van der Waals surface area (Å²) in [4.78, 5) is 4.29. The fourth-order valence-electron chi connectivity index (χ4n) is 1.92. The van der Waals surface area contributed by atoms with Crippen molar-refractivity contribution in [2.45, 2.75) is 26.3 Å². The van der Waals surface area contributed by atoms with E-state index in [4.69, 9.17) is 5.73 Å². The lowest BCUT2D eigenvalue weighted by Gasteiger charge is -2.10.